The number of anilines is 1. The molecule has 1 heterocycles. The Balaban J connectivity index is 1.92. The molecule has 0 spiro atoms. The molecule has 30 heavy (non-hydrogen) atoms. The number of thioether (sulfide) groups is 1. The molecule has 1 N–H and O–H groups in total. The maximum absolute atomic E-state index is 13.4. The third-order valence-electron chi connectivity index (χ3n) is 5.57. The Morgan fingerprint density at radius 3 is 2.30 bits per heavy atom. The molecule has 0 aromatic heterocycles. The van der Waals surface area contributed by atoms with Crippen LogP contribution in [0.3, 0.4) is 0 Å². The lowest BCUT2D eigenvalue weighted by Gasteiger charge is -2.33. The van der Waals surface area contributed by atoms with Crippen molar-refractivity contribution in [2.45, 2.75) is 56.0 Å². The van der Waals surface area contributed by atoms with Gasteiger partial charge in [0.25, 0.3) is 5.91 Å². The smallest absolute Gasteiger partial charge is 0.257 e. The molecule has 0 fully saturated rings. The highest BCUT2D eigenvalue weighted by Gasteiger charge is 2.37. The van der Waals surface area contributed by atoms with Crippen molar-refractivity contribution >= 4 is 23.4 Å². The number of benzene rings is 2. The molecule has 5 nitrogen and oxygen atoms in total. The van der Waals surface area contributed by atoms with Crippen LogP contribution in [0.4, 0.5) is 5.69 Å². The van der Waals surface area contributed by atoms with Crippen LogP contribution in [0.2, 0.25) is 0 Å². The summed E-state index contributed by atoms with van der Waals surface area (Å²) in [6.07, 6.45) is -1.12. The Labute approximate surface area is 184 Å². The summed E-state index contributed by atoms with van der Waals surface area (Å²) in [5, 5.41) is 10.7. The molecule has 3 rings (SSSR count). The Morgan fingerprint density at radius 1 is 1.07 bits per heavy atom. The van der Waals surface area contributed by atoms with Crippen molar-refractivity contribution in [3.8, 4) is 5.75 Å². The van der Waals surface area contributed by atoms with Crippen LogP contribution in [0.5, 0.6) is 5.75 Å². The monoisotopic (exact) mass is 428 g/mol. The maximum atomic E-state index is 13.4. The zero-order valence-corrected chi connectivity index (χ0v) is 19.2. The number of fused-ring (bicyclic) bond motifs is 1. The third kappa shape index (κ3) is 4.82. The van der Waals surface area contributed by atoms with Crippen LogP contribution in [-0.2, 0) is 4.79 Å². The molecule has 2 atom stereocenters. The molecule has 0 aliphatic carbocycles. The Hall–Kier alpha value is -2.02. The van der Waals surface area contributed by atoms with E-state index in [9.17, 15) is 9.90 Å². The van der Waals surface area contributed by atoms with Crippen LogP contribution in [0.15, 0.2) is 53.4 Å². The molecule has 0 bridgehead atoms. The van der Waals surface area contributed by atoms with E-state index in [1.165, 1.54) is 11.8 Å². The van der Waals surface area contributed by atoms with Gasteiger partial charge in [0.2, 0.25) is 0 Å². The van der Waals surface area contributed by atoms with E-state index in [4.69, 9.17) is 4.74 Å². The highest BCUT2D eigenvalue weighted by molar-refractivity contribution is 7.99. The Morgan fingerprint density at radius 2 is 1.70 bits per heavy atom. The van der Waals surface area contributed by atoms with E-state index < -0.39 is 6.10 Å². The molecular formula is C24H32N2O3S. The summed E-state index contributed by atoms with van der Waals surface area (Å²) < 4.78 is 5.25. The van der Waals surface area contributed by atoms with E-state index >= 15 is 0 Å². The van der Waals surface area contributed by atoms with Gasteiger partial charge >= 0.3 is 0 Å². The predicted octanol–water partition coefficient (Wildman–Crippen LogP) is 4.35. The lowest BCUT2D eigenvalue weighted by Crippen LogP contribution is -2.47. The molecule has 6 heteroatoms. The van der Waals surface area contributed by atoms with Gasteiger partial charge < -0.3 is 14.7 Å². The van der Waals surface area contributed by atoms with Gasteiger partial charge in [-0.25, -0.2) is 0 Å². The van der Waals surface area contributed by atoms with Crippen LogP contribution in [0, 0.1) is 0 Å². The molecule has 1 amide bonds. The molecule has 0 radical (unpaired) electrons. The number of aliphatic hydroxyl groups excluding tert-OH is 1. The predicted molar refractivity (Wildman–Crippen MR) is 123 cm³/mol. The molecule has 2 aromatic carbocycles. The van der Waals surface area contributed by atoms with E-state index in [0.717, 1.165) is 28.4 Å². The number of amides is 1. The van der Waals surface area contributed by atoms with Gasteiger partial charge in [-0.1, -0.05) is 24.3 Å². The molecule has 2 aromatic rings. The van der Waals surface area contributed by atoms with Crippen molar-refractivity contribution in [1.82, 2.24) is 4.90 Å². The summed E-state index contributed by atoms with van der Waals surface area (Å²) in [7, 11) is 1.62. The van der Waals surface area contributed by atoms with Crippen molar-refractivity contribution in [2.24, 2.45) is 0 Å². The topological polar surface area (TPSA) is 53.0 Å². The van der Waals surface area contributed by atoms with Crippen molar-refractivity contribution in [3.05, 3.63) is 54.1 Å². The summed E-state index contributed by atoms with van der Waals surface area (Å²) in [6.45, 7) is 9.97. The first-order chi connectivity index (χ1) is 14.3. The molecule has 1 aliphatic heterocycles. The number of para-hydroxylation sites is 1. The van der Waals surface area contributed by atoms with Crippen molar-refractivity contribution in [3.63, 3.8) is 0 Å². The van der Waals surface area contributed by atoms with Crippen LogP contribution >= 0.6 is 11.8 Å². The molecule has 162 valence electrons. The molecule has 2 unspecified atom stereocenters. The average Bonchev–Trinajstić information content (AvgIpc) is 2.83. The molecule has 1 aliphatic rings. The zero-order chi connectivity index (χ0) is 21.8. The second-order valence-electron chi connectivity index (χ2n) is 8.14. The Kier molecular flexibility index (Phi) is 7.45. The van der Waals surface area contributed by atoms with Gasteiger partial charge in [0, 0.05) is 30.1 Å². The number of hydrogen-bond acceptors (Lipinski definition) is 5. The fourth-order valence-corrected chi connectivity index (χ4v) is 5.26. The van der Waals surface area contributed by atoms with E-state index in [1.54, 1.807) is 12.0 Å². The van der Waals surface area contributed by atoms with E-state index in [1.807, 2.05) is 48.5 Å². The second-order valence-corrected chi connectivity index (χ2v) is 9.32. The number of nitrogens with zero attached hydrogens (tertiary/aromatic N) is 2. The standard InChI is InChI=1S/C24H32N2O3S/c1-16(2)25(17(3)4)14-15-26-20-8-6-7-9-21(20)30-23(22(27)24(26)28)18-10-12-19(29-5)13-11-18/h6-13,16-17,22-23,27H,14-15H2,1-5H3. The van der Waals surface area contributed by atoms with Gasteiger partial charge in [-0.05, 0) is 57.5 Å². The zero-order valence-electron chi connectivity index (χ0n) is 18.4. The maximum Gasteiger partial charge on any atom is 0.257 e. The van der Waals surface area contributed by atoms with Crippen LogP contribution in [0.25, 0.3) is 0 Å². The Bertz CT molecular complexity index is 846. The number of carbonyl (C=O) groups is 1. The molecular weight excluding hydrogens is 396 g/mol. The normalized spacial score (nSPS) is 19.4. The fourth-order valence-electron chi connectivity index (χ4n) is 3.99. The van der Waals surface area contributed by atoms with E-state index in [-0.39, 0.29) is 11.2 Å². The lowest BCUT2D eigenvalue weighted by molar-refractivity contribution is -0.126. The first kappa shape index (κ1) is 22.7. The van der Waals surface area contributed by atoms with Gasteiger partial charge in [-0.15, -0.1) is 11.8 Å². The summed E-state index contributed by atoms with van der Waals surface area (Å²) in [5.74, 6) is 0.503. The van der Waals surface area contributed by atoms with Gasteiger partial charge in [0.1, 0.15) is 11.9 Å². The minimum atomic E-state index is -1.12. The number of carbonyl (C=O) groups excluding carboxylic acids is 1. The fraction of sp³-hybridized carbons (Fsp3) is 0.458. The number of rotatable bonds is 7. The number of methoxy groups -OCH3 is 1. The number of hydrogen-bond donors (Lipinski definition) is 1. The van der Waals surface area contributed by atoms with E-state index in [2.05, 4.69) is 32.6 Å². The summed E-state index contributed by atoms with van der Waals surface area (Å²) >= 11 is 1.54. The second kappa shape index (κ2) is 9.86. The summed E-state index contributed by atoms with van der Waals surface area (Å²) in [4.78, 5) is 18.5. The first-order valence-corrected chi connectivity index (χ1v) is 11.4. The van der Waals surface area contributed by atoms with Crippen LogP contribution < -0.4 is 9.64 Å². The minimum Gasteiger partial charge on any atom is -0.497 e. The molecule has 0 saturated carbocycles. The van der Waals surface area contributed by atoms with Gasteiger partial charge in [-0.3, -0.25) is 9.69 Å². The number of aliphatic hydroxyl groups is 1. The van der Waals surface area contributed by atoms with Crippen molar-refractivity contribution in [1.29, 1.82) is 0 Å². The largest absolute Gasteiger partial charge is 0.497 e. The van der Waals surface area contributed by atoms with Crippen LogP contribution in [-0.4, -0.2) is 54.3 Å². The van der Waals surface area contributed by atoms with Gasteiger partial charge in [-0.2, -0.15) is 0 Å². The summed E-state index contributed by atoms with van der Waals surface area (Å²) in [6, 6.07) is 16.3. The quantitative estimate of drug-likeness (QED) is 0.710. The van der Waals surface area contributed by atoms with Gasteiger partial charge in [0.15, 0.2) is 0 Å². The van der Waals surface area contributed by atoms with Crippen molar-refractivity contribution in [2.75, 3.05) is 25.1 Å². The van der Waals surface area contributed by atoms with Crippen LogP contribution in [0.1, 0.15) is 38.5 Å². The number of ether oxygens (including phenoxy) is 1. The lowest BCUT2D eigenvalue weighted by atomic mass is 10.1. The SMILES string of the molecule is COc1ccc(C2Sc3ccccc3N(CCN(C(C)C)C(C)C)C(=O)C2O)cc1. The molecule has 0 saturated heterocycles. The highest BCUT2D eigenvalue weighted by Crippen LogP contribution is 2.45. The average molecular weight is 429 g/mol. The highest BCUT2D eigenvalue weighted by atomic mass is 32.2. The summed E-state index contributed by atoms with van der Waals surface area (Å²) in [5.41, 5.74) is 1.78. The van der Waals surface area contributed by atoms with Crippen molar-refractivity contribution < 1.29 is 14.6 Å². The third-order valence-corrected chi connectivity index (χ3v) is 6.95. The van der Waals surface area contributed by atoms with E-state index in [0.29, 0.717) is 18.6 Å². The van der Waals surface area contributed by atoms with Gasteiger partial charge in [0.05, 0.1) is 18.0 Å². The first-order valence-electron chi connectivity index (χ1n) is 10.5. The minimum absolute atomic E-state index is 0.249.